The van der Waals surface area contributed by atoms with Gasteiger partial charge in [-0.2, -0.15) is 0 Å². The Bertz CT molecular complexity index is 422. The summed E-state index contributed by atoms with van der Waals surface area (Å²) in [5.41, 5.74) is 0.894. The molecule has 0 aliphatic carbocycles. The Hall–Kier alpha value is -1.22. The lowest BCUT2D eigenvalue weighted by Crippen LogP contribution is -1.74. The summed E-state index contributed by atoms with van der Waals surface area (Å²) in [5, 5.41) is 0.999. The molecule has 1 heterocycles. The molecule has 3 heteroatoms. The number of rotatable bonds is 1. The maximum absolute atomic E-state index is 12.8. The highest BCUT2D eigenvalue weighted by molar-refractivity contribution is 7.15. The van der Waals surface area contributed by atoms with E-state index in [4.69, 9.17) is 0 Å². The van der Waals surface area contributed by atoms with E-state index in [0.29, 0.717) is 0 Å². The molecule has 0 amide bonds. The van der Waals surface area contributed by atoms with E-state index in [1.54, 1.807) is 23.6 Å². The minimum absolute atomic E-state index is 0.205. The van der Waals surface area contributed by atoms with Crippen molar-refractivity contribution in [3.05, 3.63) is 41.3 Å². The predicted octanol–water partition coefficient (Wildman–Crippen LogP) is 3.26. The Morgan fingerprint density at radius 1 is 1.38 bits per heavy atom. The molecule has 2 aromatic rings. The van der Waals surface area contributed by atoms with Crippen LogP contribution in [0.5, 0.6) is 0 Å². The zero-order valence-corrected chi connectivity index (χ0v) is 7.94. The number of hydrogen-bond donors (Lipinski definition) is 0. The molecule has 0 aliphatic rings. The number of aryl methyl sites for hydroxylation is 1. The fourth-order valence-electron chi connectivity index (χ4n) is 1.14. The van der Waals surface area contributed by atoms with Gasteiger partial charge in [0.15, 0.2) is 0 Å². The van der Waals surface area contributed by atoms with E-state index in [1.165, 1.54) is 12.1 Å². The first-order valence-corrected chi connectivity index (χ1v) is 4.76. The lowest BCUT2D eigenvalue weighted by molar-refractivity contribution is 0.628. The molecule has 0 saturated heterocycles. The van der Waals surface area contributed by atoms with E-state index >= 15 is 0 Å². The first kappa shape index (κ1) is 8.38. The van der Waals surface area contributed by atoms with Gasteiger partial charge in [-0.05, 0) is 24.6 Å². The van der Waals surface area contributed by atoms with Crippen LogP contribution in [-0.2, 0) is 0 Å². The molecule has 0 unspecified atom stereocenters. The summed E-state index contributed by atoms with van der Waals surface area (Å²) in [6.07, 6.45) is 1.77. The summed E-state index contributed by atoms with van der Waals surface area (Å²) >= 11 is 1.57. The van der Waals surface area contributed by atoms with Crippen molar-refractivity contribution in [3.63, 3.8) is 0 Å². The van der Waals surface area contributed by atoms with Gasteiger partial charge in [0.2, 0.25) is 0 Å². The Kier molecular flexibility index (Phi) is 2.10. The number of thiazole rings is 1. The molecular formula is C10H8FNS. The minimum atomic E-state index is -0.205. The average Bonchev–Trinajstić information content (AvgIpc) is 2.52. The van der Waals surface area contributed by atoms with Crippen LogP contribution in [0.15, 0.2) is 30.5 Å². The summed E-state index contributed by atoms with van der Waals surface area (Å²) in [6, 6.07) is 6.56. The van der Waals surface area contributed by atoms with Crippen molar-refractivity contribution >= 4 is 11.3 Å². The van der Waals surface area contributed by atoms with Gasteiger partial charge < -0.3 is 0 Å². The molecule has 1 aromatic heterocycles. The van der Waals surface area contributed by atoms with E-state index in [2.05, 4.69) is 4.98 Å². The highest BCUT2D eigenvalue weighted by atomic mass is 32.1. The van der Waals surface area contributed by atoms with Crippen LogP contribution in [0.4, 0.5) is 4.39 Å². The second-order valence-corrected chi connectivity index (χ2v) is 3.99. The molecule has 66 valence electrons. The normalized spacial score (nSPS) is 10.3. The molecule has 0 radical (unpaired) electrons. The maximum Gasteiger partial charge on any atom is 0.123 e. The molecule has 0 bridgehead atoms. The SMILES string of the molecule is Cc1ncc(-c2cccc(F)c2)s1. The third-order valence-corrected chi connectivity index (χ3v) is 2.69. The fourth-order valence-corrected chi connectivity index (χ4v) is 1.91. The van der Waals surface area contributed by atoms with Crippen molar-refractivity contribution in [2.24, 2.45) is 0 Å². The highest BCUT2D eigenvalue weighted by Crippen LogP contribution is 2.25. The molecule has 0 fully saturated rings. The van der Waals surface area contributed by atoms with E-state index in [9.17, 15) is 4.39 Å². The molecule has 1 nitrogen and oxygen atoms in total. The average molecular weight is 193 g/mol. The standard InChI is InChI=1S/C10H8FNS/c1-7-12-6-10(13-7)8-3-2-4-9(11)5-8/h2-6H,1H3. The summed E-state index contributed by atoms with van der Waals surface area (Å²) in [7, 11) is 0. The van der Waals surface area contributed by atoms with Crippen LogP contribution in [-0.4, -0.2) is 4.98 Å². The lowest BCUT2D eigenvalue weighted by atomic mass is 10.2. The smallest absolute Gasteiger partial charge is 0.123 e. The third-order valence-electron chi connectivity index (χ3n) is 1.73. The van der Waals surface area contributed by atoms with Crippen molar-refractivity contribution in [1.29, 1.82) is 0 Å². The predicted molar refractivity (Wildman–Crippen MR) is 52.2 cm³/mol. The van der Waals surface area contributed by atoms with E-state index in [0.717, 1.165) is 15.4 Å². The Labute approximate surface area is 79.9 Å². The van der Waals surface area contributed by atoms with Gasteiger partial charge in [0.25, 0.3) is 0 Å². The fraction of sp³-hybridized carbons (Fsp3) is 0.100. The second-order valence-electron chi connectivity index (χ2n) is 2.75. The molecular weight excluding hydrogens is 185 g/mol. The zero-order valence-electron chi connectivity index (χ0n) is 7.12. The van der Waals surface area contributed by atoms with Gasteiger partial charge in [0.05, 0.1) is 9.88 Å². The van der Waals surface area contributed by atoms with Crippen molar-refractivity contribution < 1.29 is 4.39 Å². The molecule has 0 aliphatic heterocycles. The van der Waals surface area contributed by atoms with Crippen LogP contribution in [0.3, 0.4) is 0 Å². The van der Waals surface area contributed by atoms with Gasteiger partial charge in [0, 0.05) is 6.20 Å². The Morgan fingerprint density at radius 2 is 2.23 bits per heavy atom. The first-order chi connectivity index (χ1) is 6.25. The van der Waals surface area contributed by atoms with Crippen molar-refractivity contribution in [1.82, 2.24) is 4.98 Å². The Balaban J connectivity index is 2.46. The van der Waals surface area contributed by atoms with E-state index in [1.807, 2.05) is 13.0 Å². The topological polar surface area (TPSA) is 12.9 Å². The van der Waals surface area contributed by atoms with E-state index < -0.39 is 0 Å². The van der Waals surface area contributed by atoms with Crippen LogP contribution in [0.2, 0.25) is 0 Å². The second kappa shape index (κ2) is 3.26. The molecule has 0 atom stereocenters. The molecule has 0 spiro atoms. The maximum atomic E-state index is 12.8. The van der Waals surface area contributed by atoms with Crippen LogP contribution < -0.4 is 0 Å². The number of aromatic nitrogens is 1. The van der Waals surface area contributed by atoms with Crippen molar-refractivity contribution in [3.8, 4) is 10.4 Å². The number of halogens is 1. The van der Waals surface area contributed by atoms with Gasteiger partial charge in [-0.1, -0.05) is 12.1 Å². The molecule has 1 aromatic carbocycles. The quantitative estimate of drug-likeness (QED) is 0.677. The summed E-state index contributed by atoms with van der Waals surface area (Å²) in [5.74, 6) is -0.205. The van der Waals surface area contributed by atoms with E-state index in [-0.39, 0.29) is 5.82 Å². The molecule has 0 N–H and O–H groups in total. The number of nitrogens with zero attached hydrogens (tertiary/aromatic N) is 1. The van der Waals surface area contributed by atoms with Crippen LogP contribution >= 0.6 is 11.3 Å². The first-order valence-electron chi connectivity index (χ1n) is 3.94. The monoisotopic (exact) mass is 193 g/mol. The van der Waals surface area contributed by atoms with Gasteiger partial charge >= 0.3 is 0 Å². The highest BCUT2D eigenvalue weighted by Gasteiger charge is 2.01. The zero-order chi connectivity index (χ0) is 9.26. The molecule has 13 heavy (non-hydrogen) atoms. The summed E-state index contributed by atoms with van der Waals surface area (Å²) in [4.78, 5) is 5.13. The van der Waals surface area contributed by atoms with Gasteiger partial charge in [-0.3, -0.25) is 0 Å². The van der Waals surface area contributed by atoms with Crippen LogP contribution in [0.1, 0.15) is 5.01 Å². The summed E-state index contributed by atoms with van der Waals surface area (Å²) in [6.45, 7) is 1.94. The number of benzene rings is 1. The van der Waals surface area contributed by atoms with Crippen LogP contribution in [0, 0.1) is 12.7 Å². The van der Waals surface area contributed by atoms with Crippen LogP contribution in [0.25, 0.3) is 10.4 Å². The third kappa shape index (κ3) is 1.75. The Morgan fingerprint density at radius 3 is 2.85 bits per heavy atom. The minimum Gasteiger partial charge on any atom is -0.249 e. The van der Waals surface area contributed by atoms with Crippen molar-refractivity contribution in [2.45, 2.75) is 6.92 Å². The molecule has 2 rings (SSSR count). The largest absolute Gasteiger partial charge is 0.249 e. The van der Waals surface area contributed by atoms with Gasteiger partial charge in [-0.15, -0.1) is 11.3 Å². The van der Waals surface area contributed by atoms with Gasteiger partial charge in [-0.25, -0.2) is 9.37 Å². The molecule has 0 saturated carbocycles. The lowest BCUT2D eigenvalue weighted by Gasteiger charge is -1.94. The number of hydrogen-bond acceptors (Lipinski definition) is 2. The van der Waals surface area contributed by atoms with Gasteiger partial charge in [0.1, 0.15) is 5.82 Å². The van der Waals surface area contributed by atoms with Crippen molar-refractivity contribution in [2.75, 3.05) is 0 Å². The summed E-state index contributed by atoms with van der Waals surface area (Å²) < 4.78 is 12.8.